The number of hydrogen-bond acceptors (Lipinski definition) is 6. The molecule has 0 saturated carbocycles. The number of aryl methyl sites for hydroxylation is 2. The van der Waals surface area contributed by atoms with Gasteiger partial charge < -0.3 is 25.7 Å². The first kappa shape index (κ1) is 33.0. The zero-order valence-electron chi connectivity index (χ0n) is 27.3. The van der Waals surface area contributed by atoms with Gasteiger partial charge in [0.25, 0.3) is 5.91 Å². The Morgan fingerprint density at radius 2 is 1.85 bits per heavy atom. The molecule has 0 bridgehead atoms. The Bertz CT molecular complexity index is 1850. The molecule has 1 aliphatic rings. The Hall–Kier alpha value is -4.41. The summed E-state index contributed by atoms with van der Waals surface area (Å²) in [5.74, 6) is 0.0605. The summed E-state index contributed by atoms with van der Waals surface area (Å²) in [6.07, 6.45) is 1.55. The number of carbonyl (C=O) groups excluding carboxylic acids is 1. The lowest BCUT2D eigenvalue weighted by Gasteiger charge is -2.38. The molecule has 2 atom stereocenters. The van der Waals surface area contributed by atoms with E-state index in [1.54, 1.807) is 19.3 Å². The maximum atomic E-state index is 13.7. The number of nitrogens with one attached hydrogen (secondary N) is 2. The highest BCUT2D eigenvalue weighted by molar-refractivity contribution is 7.82. The minimum Gasteiger partial charge on any atom is -0.491 e. The number of amides is 1. The number of para-hydroxylation sites is 1. The second-order valence-corrected chi connectivity index (χ2v) is 13.8. The highest BCUT2D eigenvalue weighted by atomic mass is 32.2. The Morgan fingerprint density at radius 3 is 2.59 bits per heavy atom. The third kappa shape index (κ3) is 6.73. The lowest BCUT2D eigenvalue weighted by atomic mass is 9.74. The van der Waals surface area contributed by atoms with Crippen LogP contribution in [-0.4, -0.2) is 44.2 Å². The van der Waals surface area contributed by atoms with Gasteiger partial charge in [-0.05, 0) is 86.7 Å². The van der Waals surface area contributed by atoms with Crippen LogP contribution in [0.25, 0.3) is 0 Å². The maximum Gasteiger partial charge on any atom is 0.253 e. The molecular formula is C36H43N5O4S. The van der Waals surface area contributed by atoms with E-state index in [0.29, 0.717) is 41.6 Å². The van der Waals surface area contributed by atoms with Gasteiger partial charge in [0.05, 0.1) is 21.8 Å². The van der Waals surface area contributed by atoms with E-state index in [4.69, 9.17) is 10.5 Å². The molecule has 0 fully saturated rings. The summed E-state index contributed by atoms with van der Waals surface area (Å²) in [6.45, 7) is 12.2. The van der Waals surface area contributed by atoms with Crippen molar-refractivity contribution in [2.24, 2.45) is 7.05 Å². The Morgan fingerprint density at radius 1 is 1.09 bits per heavy atom. The van der Waals surface area contributed by atoms with Crippen molar-refractivity contribution in [2.45, 2.75) is 57.5 Å². The maximum absolute atomic E-state index is 13.7. The molecule has 2 heterocycles. The number of aromatic nitrogens is 1. The molecule has 3 aromatic carbocycles. The normalized spacial score (nSPS) is 15.7. The standard InChI is InChI=1S/C36H43N5O4S/c1-7-38-29-16-15-28(24(3)34(29)37)33(36(4,5)39-35(43)26-14-17-32(42)40(6)21-26)25-13-12-23(2)27(20-25)22-41-18-19-45-30-10-8-9-11-31(30)46(41)44/h8-17,20-21,33,38H,7,18-19,22,37H2,1-6H3,(H,39,43). The van der Waals surface area contributed by atoms with E-state index in [1.807, 2.05) is 62.3 Å². The fourth-order valence-corrected chi connectivity index (χ4v) is 7.38. The van der Waals surface area contributed by atoms with Gasteiger partial charge in [-0.1, -0.05) is 36.4 Å². The fraction of sp³-hybridized carbons (Fsp3) is 0.333. The number of hydrogen-bond donors (Lipinski definition) is 3. The molecule has 9 nitrogen and oxygen atoms in total. The molecule has 5 rings (SSSR count). The first-order valence-electron chi connectivity index (χ1n) is 15.5. The zero-order chi connectivity index (χ0) is 33.2. The van der Waals surface area contributed by atoms with Crippen LogP contribution in [0.5, 0.6) is 5.75 Å². The highest BCUT2D eigenvalue weighted by Crippen LogP contribution is 2.41. The zero-order valence-corrected chi connectivity index (χ0v) is 28.2. The van der Waals surface area contributed by atoms with Gasteiger partial charge in [0, 0.05) is 50.4 Å². The van der Waals surface area contributed by atoms with Crippen molar-refractivity contribution in [1.29, 1.82) is 0 Å². The molecule has 1 aliphatic heterocycles. The van der Waals surface area contributed by atoms with E-state index < -0.39 is 16.5 Å². The molecule has 0 spiro atoms. The monoisotopic (exact) mass is 641 g/mol. The number of pyridine rings is 1. The first-order valence-corrected chi connectivity index (χ1v) is 16.6. The number of nitrogens with zero attached hydrogens (tertiary/aromatic N) is 2. The number of nitrogens with two attached hydrogens (primary N) is 1. The first-order chi connectivity index (χ1) is 21.9. The predicted molar refractivity (Wildman–Crippen MR) is 185 cm³/mol. The van der Waals surface area contributed by atoms with Gasteiger partial charge in [0.2, 0.25) is 5.56 Å². The van der Waals surface area contributed by atoms with Crippen molar-refractivity contribution in [2.75, 3.05) is 30.7 Å². The summed E-state index contributed by atoms with van der Waals surface area (Å²) in [5, 5.41) is 6.59. The summed E-state index contributed by atoms with van der Waals surface area (Å²) in [5.41, 5.74) is 12.6. The topological polar surface area (TPSA) is 119 Å². The number of fused-ring (bicyclic) bond motifs is 1. The van der Waals surface area contributed by atoms with Crippen molar-refractivity contribution >= 4 is 28.3 Å². The molecule has 1 amide bonds. The van der Waals surface area contributed by atoms with E-state index in [0.717, 1.165) is 40.0 Å². The SMILES string of the molecule is CCNc1ccc(C(c2ccc(C)c(CN3CCOc4ccccc4S3=O)c2)C(C)(C)NC(=O)c2ccc(=O)n(C)c2)c(C)c1N. The van der Waals surface area contributed by atoms with E-state index in [9.17, 15) is 13.8 Å². The van der Waals surface area contributed by atoms with Crippen molar-refractivity contribution in [1.82, 2.24) is 14.2 Å². The van der Waals surface area contributed by atoms with Gasteiger partial charge in [-0.3, -0.25) is 9.59 Å². The number of carbonyl (C=O) groups is 1. The Balaban J connectivity index is 1.56. The molecule has 0 radical (unpaired) electrons. The average Bonchev–Trinajstić information content (AvgIpc) is 3.17. The van der Waals surface area contributed by atoms with Crippen LogP contribution in [0.3, 0.4) is 0 Å². The van der Waals surface area contributed by atoms with Crippen LogP contribution < -0.4 is 26.7 Å². The summed E-state index contributed by atoms with van der Waals surface area (Å²) in [7, 11) is 0.236. The molecular weight excluding hydrogens is 598 g/mol. The third-order valence-corrected chi connectivity index (χ3v) is 10.2. The van der Waals surface area contributed by atoms with Crippen molar-refractivity contribution in [3.8, 4) is 5.75 Å². The van der Waals surface area contributed by atoms with E-state index >= 15 is 0 Å². The second kappa shape index (κ2) is 13.5. The minimum absolute atomic E-state index is 0.187. The van der Waals surface area contributed by atoms with Crippen LogP contribution >= 0.6 is 0 Å². The number of rotatable bonds is 9. The summed E-state index contributed by atoms with van der Waals surface area (Å²) in [4.78, 5) is 26.3. The van der Waals surface area contributed by atoms with Crippen LogP contribution in [-0.2, 0) is 24.6 Å². The number of anilines is 2. The highest BCUT2D eigenvalue weighted by Gasteiger charge is 2.36. The van der Waals surface area contributed by atoms with Gasteiger partial charge in [0.15, 0.2) is 0 Å². The lowest BCUT2D eigenvalue weighted by Crippen LogP contribution is -2.48. The smallest absolute Gasteiger partial charge is 0.253 e. The molecule has 10 heteroatoms. The van der Waals surface area contributed by atoms with E-state index in [-0.39, 0.29) is 17.4 Å². The van der Waals surface area contributed by atoms with Gasteiger partial charge in [0.1, 0.15) is 23.3 Å². The molecule has 2 unspecified atom stereocenters. The van der Waals surface area contributed by atoms with Gasteiger partial charge in [-0.2, -0.15) is 0 Å². The summed E-state index contributed by atoms with van der Waals surface area (Å²) in [6, 6.07) is 20.8. The molecule has 0 aliphatic carbocycles. The van der Waals surface area contributed by atoms with Gasteiger partial charge in [-0.25, -0.2) is 8.51 Å². The van der Waals surface area contributed by atoms with Crippen molar-refractivity contribution < 1.29 is 13.7 Å². The average molecular weight is 642 g/mol. The van der Waals surface area contributed by atoms with E-state index in [2.05, 4.69) is 41.8 Å². The minimum atomic E-state index is -1.39. The molecule has 46 heavy (non-hydrogen) atoms. The summed E-state index contributed by atoms with van der Waals surface area (Å²) < 4.78 is 22.9. The molecule has 1 aromatic heterocycles. The van der Waals surface area contributed by atoms with Crippen LogP contribution in [0.4, 0.5) is 11.4 Å². The molecule has 4 aromatic rings. The largest absolute Gasteiger partial charge is 0.491 e. The fourth-order valence-electron chi connectivity index (χ4n) is 6.11. The van der Waals surface area contributed by atoms with Crippen LogP contribution in [0.2, 0.25) is 0 Å². The molecule has 0 saturated heterocycles. The lowest BCUT2D eigenvalue weighted by molar-refractivity contribution is 0.0905. The summed E-state index contributed by atoms with van der Waals surface area (Å²) >= 11 is 0. The van der Waals surface area contributed by atoms with Gasteiger partial charge >= 0.3 is 0 Å². The quantitative estimate of drug-likeness (QED) is 0.214. The predicted octanol–water partition coefficient (Wildman–Crippen LogP) is 5.27. The van der Waals surface area contributed by atoms with Crippen LogP contribution in [0, 0.1) is 13.8 Å². The second-order valence-electron chi connectivity index (χ2n) is 12.3. The Labute approximate surface area is 273 Å². The molecule has 242 valence electrons. The number of ether oxygens (including phenoxy) is 1. The van der Waals surface area contributed by atoms with Crippen LogP contribution in [0.15, 0.2) is 82.6 Å². The van der Waals surface area contributed by atoms with Crippen molar-refractivity contribution in [3.63, 3.8) is 0 Å². The number of benzene rings is 3. The van der Waals surface area contributed by atoms with E-state index in [1.165, 1.54) is 10.6 Å². The van der Waals surface area contributed by atoms with Crippen LogP contribution in [0.1, 0.15) is 64.9 Å². The third-order valence-electron chi connectivity index (χ3n) is 8.66. The van der Waals surface area contributed by atoms with Gasteiger partial charge in [-0.15, -0.1) is 0 Å². The number of nitrogen functional groups attached to an aromatic ring is 1. The molecule has 4 N–H and O–H groups in total. The van der Waals surface area contributed by atoms with Crippen molar-refractivity contribution in [3.05, 3.63) is 117 Å². The Kier molecular flexibility index (Phi) is 9.69.